The van der Waals surface area contributed by atoms with Crippen LogP contribution in [0.1, 0.15) is 22.3 Å². The molecule has 0 radical (unpaired) electrons. The molecule has 1 aliphatic heterocycles. The number of hydrogen-bond acceptors (Lipinski definition) is 5. The van der Waals surface area contributed by atoms with E-state index in [1.165, 1.54) is 16.2 Å². The molecule has 1 fully saturated rings. The summed E-state index contributed by atoms with van der Waals surface area (Å²) in [5.41, 5.74) is 2.72. The number of ether oxygens (including phenoxy) is 2. The maximum absolute atomic E-state index is 13.4. The molecule has 0 spiro atoms. The summed E-state index contributed by atoms with van der Waals surface area (Å²) in [6.45, 7) is 7.41. The molecule has 2 aromatic carbocycles. The number of methoxy groups -OCH3 is 1. The normalized spacial score (nSPS) is 14.7. The maximum Gasteiger partial charge on any atom is 0.260 e. The van der Waals surface area contributed by atoms with Crippen molar-refractivity contribution in [3.63, 3.8) is 0 Å². The molecule has 7 heteroatoms. The number of amides is 1. The molecule has 1 aliphatic rings. The first kappa shape index (κ1) is 20.8. The van der Waals surface area contributed by atoms with Crippen molar-refractivity contribution >= 4 is 32.6 Å². The number of thiazole rings is 1. The van der Waals surface area contributed by atoms with Gasteiger partial charge in [0, 0.05) is 18.5 Å². The highest BCUT2D eigenvalue weighted by molar-refractivity contribution is 7.22. The Morgan fingerprint density at radius 1 is 1.20 bits per heavy atom. The van der Waals surface area contributed by atoms with Crippen LogP contribution in [0.2, 0.25) is 0 Å². The Balaban J connectivity index is 1.57. The SMILES string of the molecule is COc1ccc2nc(N(CCC[NH+]3CCOCC3)C(=O)c3ccc(C)cc3)sc2c1. The number of quaternary nitrogens is 1. The van der Waals surface area contributed by atoms with E-state index in [0.717, 1.165) is 65.9 Å². The lowest BCUT2D eigenvalue weighted by atomic mass is 10.1. The molecule has 1 N–H and O–H groups in total. The first-order chi connectivity index (χ1) is 14.6. The number of hydrogen-bond donors (Lipinski definition) is 1. The second-order valence-corrected chi connectivity index (χ2v) is 8.63. The highest BCUT2D eigenvalue weighted by Gasteiger charge is 2.22. The first-order valence-corrected chi connectivity index (χ1v) is 11.2. The summed E-state index contributed by atoms with van der Waals surface area (Å²) in [6.07, 6.45) is 0.923. The molecule has 158 valence electrons. The summed E-state index contributed by atoms with van der Waals surface area (Å²) in [5.74, 6) is 0.794. The summed E-state index contributed by atoms with van der Waals surface area (Å²) in [7, 11) is 1.66. The molecule has 0 atom stereocenters. The smallest absolute Gasteiger partial charge is 0.260 e. The van der Waals surface area contributed by atoms with Crippen molar-refractivity contribution in [3.8, 4) is 5.75 Å². The number of carbonyl (C=O) groups is 1. The van der Waals surface area contributed by atoms with Gasteiger partial charge in [-0.15, -0.1) is 0 Å². The molecule has 0 bridgehead atoms. The minimum atomic E-state index is -0.00185. The number of carbonyl (C=O) groups excluding carboxylic acids is 1. The number of anilines is 1. The Labute approximate surface area is 181 Å². The van der Waals surface area contributed by atoms with Gasteiger partial charge >= 0.3 is 0 Å². The van der Waals surface area contributed by atoms with Crippen LogP contribution in [0.15, 0.2) is 42.5 Å². The lowest BCUT2D eigenvalue weighted by molar-refractivity contribution is -0.908. The Bertz CT molecular complexity index is 997. The minimum Gasteiger partial charge on any atom is -0.497 e. The average Bonchev–Trinajstić information content (AvgIpc) is 3.20. The zero-order valence-electron chi connectivity index (χ0n) is 17.5. The molecule has 1 saturated heterocycles. The van der Waals surface area contributed by atoms with E-state index in [1.807, 2.05) is 54.3 Å². The van der Waals surface area contributed by atoms with Crippen LogP contribution in [-0.2, 0) is 4.74 Å². The molecule has 4 rings (SSSR count). The van der Waals surface area contributed by atoms with E-state index < -0.39 is 0 Å². The summed E-state index contributed by atoms with van der Waals surface area (Å²) in [5, 5.41) is 0.737. The van der Waals surface area contributed by atoms with Crippen molar-refractivity contribution < 1.29 is 19.2 Å². The van der Waals surface area contributed by atoms with E-state index in [0.29, 0.717) is 12.1 Å². The fourth-order valence-electron chi connectivity index (χ4n) is 3.67. The number of aryl methyl sites for hydroxylation is 1. The quantitative estimate of drug-likeness (QED) is 0.631. The molecule has 0 saturated carbocycles. The predicted octanol–water partition coefficient (Wildman–Crippen LogP) is 2.57. The van der Waals surface area contributed by atoms with Gasteiger partial charge < -0.3 is 14.4 Å². The fraction of sp³-hybridized carbons (Fsp3) is 0.391. The van der Waals surface area contributed by atoms with E-state index in [4.69, 9.17) is 14.5 Å². The average molecular weight is 427 g/mol. The molecular formula is C23H28N3O3S+. The van der Waals surface area contributed by atoms with Crippen LogP contribution in [0.5, 0.6) is 5.75 Å². The van der Waals surface area contributed by atoms with Crippen molar-refractivity contribution in [2.45, 2.75) is 13.3 Å². The van der Waals surface area contributed by atoms with Gasteiger partial charge in [0.15, 0.2) is 5.13 Å². The number of rotatable bonds is 7. The Morgan fingerprint density at radius 2 is 1.97 bits per heavy atom. The van der Waals surface area contributed by atoms with Crippen LogP contribution in [-0.4, -0.2) is 57.4 Å². The van der Waals surface area contributed by atoms with Gasteiger partial charge in [0.25, 0.3) is 5.91 Å². The third-order valence-corrected chi connectivity index (χ3v) is 6.51. The zero-order chi connectivity index (χ0) is 20.9. The summed E-state index contributed by atoms with van der Waals surface area (Å²) in [6, 6.07) is 13.6. The number of aromatic nitrogens is 1. The van der Waals surface area contributed by atoms with Gasteiger partial charge in [0.2, 0.25) is 0 Å². The lowest BCUT2D eigenvalue weighted by Gasteiger charge is -2.25. The zero-order valence-corrected chi connectivity index (χ0v) is 18.3. The van der Waals surface area contributed by atoms with Gasteiger partial charge in [-0.2, -0.15) is 0 Å². The van der Waals surface area contributed by atoms with Gasteiger partial charge in [-0.3, -0.25) is 9.69 Å². The summed E-state index contributed by atoms with van der Waals surface area (Å²) < 4.78 is 11.8. The van der Waals surface area contributed by atoms with E-state index in [9.17, 15) is 4.79 Å². The number of morpholine rings is 1. The van der Waals surface area contributed by atoms with Crippen LogP contribution < -0.4 is 14.5 Å². The molecule has 1 amide bonds. The number of nitrogens with one attached hydrogen (secondary N) is 1. The van der Waals surface area contributed by atoms with Crippen LogP contribution >= 0.6 is 11.3 Å². The fourth-order valence-corrected chi connectivity index (χ4v) is 4.69. The van der Waals surface area contributed by atoms with Crippen LogP contribution in [0.3, 0.4) is 0 Å². The van der Waals surface area contributed by atoms with Gasteiger partial charge in [0.05, 0.1) is 37.1 Å². The number of nitrogens with zero attached hydrogens (tertiary/aromatic N) is 2. The van der Waals surface area contributed by atoms with E-state index in [1.54, 1.807) is 7.11 Å². The van der Waals surface area contributed by atoms with Crippen LogP contribution in [0.4, 0.5) is 5.13 Å². The van der Waals surface area contributed by atoms with Crippen molar-refractivity contribution in [2.24, 2.45) is 0 Å². The monoisotopic (exact) mass is 426 g/mol. The van der Waals surface area contributed by atoms with Crippen molar-refractivity contribution in [2.75, 3.05) is 51.4 Å². The topological polar surface area (TPSA) is 56.1 Å². The standard InChI is InChI=1S/C23H27N3O3S/c1-17-4-6-18(7-5-17)22(27)26(11-3-10-25-12-14-29-15-13-25)23-24-20-9-8-19(28-2)16-21(20)30-23/h4-9,16H,3,10-15H2,1-2H3/p+1. The highest BCUT2D eigenvalue weighted by atomic mass is 32.1. The lowest BCUT2D eigenvalue weighted by Crippen LogP contribution is -3.14. The first-order valence-electron chi connectivity index (χ1n) is 10.4. The summed E-state index contributed by atoms with van der Waals surface area (Å²) >= 11 is 1.53. The largest absolute Gasteiger partial charge is 0.497 e. The van der Waals surface area contributed by atoms with Gasteiger partial charge in [-0.05, 0) is 37.3 Å². The third kappa shape index (κ3) is 4.80. The van der Waals surface area contributed by atoms with E-state index in [-0.39, 0.29) is 5.91 Å². The van der Waals surface area contributed by atoms with E-state index >= 15 is 0 Å². The maximum atomic E-state index is 13.4. The number of benzene rings is 2. The molecule has 1 aromatic heterocycles. The molecule has 3 aromatic rings. The second-order valence-electron chi connectivity index (χ2n) is 7.62. The molecule has 2 heterocycles. The molecule has 6 nitrogen and oxygen atoms in total. The summed E-state index contributed by atoms with van der Waals surface area (Å²) in [4.78, 5) is 21.5. The van der Waals surface area contributed by atoms with Gasteiger partial charge in [-0.1, -0.05) is 29.0 Å². The van der Waals surface area contributed by atoms with Crippen LogP contribution in [0, 0.1) is 6.92 Å². The Kier molecular flexibility index (Phi) is 6.62. The van der Waals surface area contributed by atoms with Crippen molar-refractivity contribution in [1.82, 2.24) is 4.98 Å². The van der Waals surface area contributed by atoms with Crippen molar-refractivity contribution in [1.29, 1.82) is 0 Å². The van der Waals surface area contributed by atoms with Gasteiger partial charge in [0.1, 0.15) is 18.8 Å². The molecule has 30 heavy (non-hydrogen) atoms. The van der Waals surface area contributed by atoms with Crippen LogP contribution in [0.25, 0.3) is 10.2 Å². The number of fused-ring (bicyclic) bond motifs is 1. The van der Waals surface area contributed by atoms with Crippen molar-refractivity contribution in [3.05, 3.63) is 53.6 Å². The van der Waals surface area contributed by atoms with Gasteiger partial charge in [-0.25, -0.2) is 4.98 Å². The minimum absolute atomic E-state index is 0.00185. The highest BCUT2D eigenvalue weighted by Crippen LogP contribution is 2.32. The van der Waals surface area contributed by atoms with E-state index in [2.05, 4.69) is 0 Å². The Hall–Kier alpha value is -2.48. The third-order valence-electron chi connectivity index (χ3n) is 5.47. The molecular weight excluding hydrogens is 398 g/mol. The molecule has 0 aliphatic carbocycles. The Morgan fingerprint density at radius 3 is 2.70 bits per heavy atom. The molecule has 0 unspecified atom stereocenters. The second kappa shape index (κ2) is 9.55. The predicted molar refractivity (Wildman–Crippen MR) is 120 cm³/mol.